The fourth-order valence-corrected chi connectivity index (χ4v) is 2.81. The lowest BCUT2D eigenvalue weighted by atomic mass is 9.98. The van der Waals surface area contributed by atoms with Crippen molar-refractivity contribution >= 4 is 5.82 Å². The molecule has 1 N–H and O–H groups in total. The van der Waals surface area contributed by atoms with Gasteiger partial charge in [-0.1, -0.05) is 0 Å². The van der Waals surface area contributed by atoms with Crippen LogP contribution in [0.15, 0.2) is 12.1 Å². The van der Waals surface area contributed by atoms with E-state index in [0.29, 0.717) is 5.56 Å². The van der Waals surface area contributed by atoms with Crippen LogP contribution in [0.4, 0.5) is 5.82 Å². The number of nitrogens with one attached hydrogen (secondary N) is 1. The van der Waals surface area contributed by atoms with E-state index < -0.39 is 0 Å². The summed E-state index contributed by atoms with van der Waals surface area (Å²) in [5, 5.41) is 12.4. The summed E-state index contributed by atoms with van der Waals surface area (Å²) in [6, 6.07) is 5.86. The molecule has 3 rings (SSSR count). The number of aryl methyl sites for hydroxylation is 1. The van der Waals surface area contributed by atoms with Crippen molar-refractivity contribution in [2.24, 2.45) is 17.8 Å². The summed E-state index contributed by atoms with van der Waals surface area (Å²) in [5.41, 5.74) is 1.60. The highest BCUT2D eigenvalue weighted by molar-refractivity contribution is 5.44. The fraction of sp³-hybridized carbons (Fsp3) is 0.600. The predicted octanol–water partition coefficient (Wildman–Crippen LogP) is 3.11. The molecule has 2 fully saturated rings. The van der Waals surface area contributed by atoms with Crippen LogP contribution in [-0.2, 0) is 0 Å². The van der Waals surface area contributed by atoms with Gasteiger partial charge in [0.1, 0.15) is 5.82 Å². The molecule has 0 radical (unpaired) electrons. The number of aromatic nitrogens is 1. The van der Waals surface area contributed by atoms with E-state index in [1.54, 1.807) is 0 Å². The Morgan fingerprint density at radius 2 is 2.00 bits per heavy atom. The van der Waals surface area contributed by atoms with Crippen LogP contribution in [-0.4, -0.2) is 11.5 Å². The molecule has 3 nitrogen and oxygen atoms in total. The number of hydrogen-bond donors (Lipinski definition) is 1. The van der Waals surface area contributed by atoms with E-state index >= 15 is 0 Å². The van der Waals surface area contributed by atoms with Crippen molar-refractivity contribution in [2.75, 3.05) is 11.9 Å². The molecular formula is C15H19N3. The molecule has 18 heavy (non-hydrogen) atoms. The van der Waals surface area contributed by atoms with Crippen molar-refractivity contribution < 1.29 is 0 Å². The van der Waals surface area contributed by atoms with Crippen LogP contribution >= 0.6 is 0 Å². The molecule has 0 spiro atoms. The molecular weight excluding hydrogens is 222 g/mol. The zero-order valence-corrected chi connectivity index (χ0v) is 10.8. The van der Waals surface area contributed by atoms with Crippen molar-refractivity contribution in [1.82, 2.24) is 4.98 Å². The Morgan fingerprint density at radius 3 is 2.56 bits per heavy atom. The van der Waals surface area contributed by atoms with E-state index in [9.17, 15) is 0 Å². The quantitative estimate of drug-likeness (QED) is 0.861. The first kappa shape index (κ1) is 11.5. The molecule has 0 amide bonds. The number of rotatable bonds is 5. The van der Waals surface area contributed by atoms with Gasteiger partial charge in [0, 0.05) is 12.2 Å². The van der Waals surface area contributed by atoms with Crippen LogP contribution < -0.4 is 5.32 Å². The zero-order valence-electron chi connectivity index (χ0n) is 10.8. The molecule has 0 aliphatic heterocycles. The predicted molar refractivity (Wildman–Crippen MR) is 71.1 cm³/mol. The lowest BCUT2D eigenvalue weighted by Gasteiger charge is -2.16. The standard InChI is InChI=1S/C15H19N3/c1-10-6-11(8-16)7-15(18-10)17-9-14(12-2-3-12)13-4-5-13/h6-7,12-14H,2-5,9H2,1H3,(H,17,18). The summed E-state index contributed by atoms with van der Waals surface area (Å²) >= 11 is 0. The Balaban J connectivity index is 1.65. The molecule has 0 saturated heterocycles. The summed E-state index contributed by atoms with van der Waals surface area (Å²) in [6.45, 7) is 2.96. The zero-order chi connectivity index (χ0) is 12.5. The molecule has 0 aromatic carbocycles. The number of nitrogens with zero attached hydrogens (tertiary/aromatic N) is 2. The molecule has 0 bridgehead atoms. The van der Waals surface area contributed by atoms with Crippen molar-refractivity contribution in [2.45, 2.75) is 32.6 Å². The third-order valence-electron chi connectivity index (χ3n) is 4.06. The van der Waals surface area contributed by atoms with Gasteiger partial charge in [-0.15, -0.1) is 0 Å². The summed E-state index contributed by atoms with van der Waals surface area (Å²) in [6.07, 6.45) is 5.64. The number of nitriles is 1. The number of anilines is 1. The van der Waals surface area contributed by atoms with Gasteiger partial charge < -0.3 is 5.32 Å². The lowest BCUT2D eigenvalue weighted by molar-refractivity contribution is 0.427. The van der Waals surface area contributed by atoms with Gasteiger partial charge >= 0.3 is 0 Å². The fourth-order valence-electron chi connectivity index (χ4n) is 2.81. The normalized spacial score (nSPS) is 18.7. The number of pyridine rings is 1. The maximum Gasteiger partial charge on any atom is 0.127 e. The molecule has 2 aliphatic carbocycles. The third-order valence-corrected chi connectivity index (χ3v) is 4.06. The average Bonchev–Trinajstić information content (AvgIpc) is 3.22. The van der Waals surface area contributed by atoms with Gasteiger partial charge in [-0.3, -0.25) is 0 Å². The Bertz CT molecular complexity index is 469. The highest BCUT2D eigenvalue weighted by atomic mass is 15.0. The minimum absolute atomic E-state index is 0.694. The first-order chi connectivity index (χ1) is 8.76. The smallest absolute Gasteiger partial charge is 0.127 e. The van der Waals surface area contributed by atoms with Gasteiger partial charge in [0.2, 0.25) is 0 Å². The van der Waals surface area contributed by atoms with E-state index in [0.717, 1.165) is 35.8 Å². The van der Waals surface area contributed by atoms with Gasteiger partial charge in [0.15, 0.2) is 0 Å². The van der Waals surface area contributed by atoms with Crippen LogP contribution in [0.1, 0.15) is 36.9 Å². The molecule has 1 aromatic heterocycles. The van der Waals surface area contributed by atoms with E-state index in [4.69, 9.17) is 5.26 Å². The molecule has 1 aromatic rings. The molecule has 2 saturated carbocycles. The molecule has 0 unspecified atom stereocenters. The SMILES string of the molecule is Cc1cc(C#N)cc(NCC(C2CC2)C2CC2)n1. The molecule has 3 heteroatoms. The maximum atomic E-state index is 8.95. The van der Waals surface area contributed by atoms with Crippen LogP contribution in [0.5, 0.6) is 0 Å². The summed E-state index contributed by atoms with van der Waals surface area (Å²) < 4.78 is 0. The van der Waals surface area contributed by atoms with E-state index in [1.165, 1.54) is 25.7 Å². The van der Waals surface area contributed by atoms with Crippen molar-refractivity contribution in [3.63, 3.8) is 0 Å². The minimum atomic E-state index is 0.694. The maximum absolute atomic E-state index is 8.95. The second-order valence-electron chi connectivity index (χ2n) is 5.71. The monoisotopic (exact) mass is 241 g/mol. The average molecular weight is 241 g/mol. The largest absolute Gasteiger partial charge is 0.370 e. The highest BCUT2D eigenvalue weighted by Crippen LogP contribution is 2.49. The summed E-state index contributed by atoms with van der Waals surface area (Å²) in [7, 11) is 0. The Labute approximate surface area is 108 Å². The van der Waals surface area contributed by atoms with E-state index in [1.807, 2.05) is 19.1 Å². The van der Waals surface area contributed by atoms with Crippen molar-refractivity contribution in [1.29, 1.82) is 5.26 Å². The van der Waals surface area contributed by atoms with Crippen LogP contribution in [0.25, 0.3) is 0 Å². The molecule has 0 atom stereocenters. The second kappa shape index (κ2) is 4.61. The van der Waals surface area contributed by atoms with Gasteiger partial charge in [-0.05, 0) is 62.5 Å². The van der Waals surface area contributed by atoms with E-state index in [2.05, 4.69) is 16.4 Å². The van der Waals surface area contributed by atoms with Crippen LogP contribution in [0.3, 0.4) is 0 Å². The summed E-state index contributed by atoms with van der Waals surface area (Å²) in [4.78, 5) is 4.45. The number of hydrogen-bond acceptors (Lipinski definition) is 3. The van der Waals surface area contributed by atoms with Crippen molar-refractivity contribution in [3.8, 4) is 6.07 Å². The van der Waals surface area contributed by atoms with Crippen LogP contribution in [0.2, 0.25) is 0 Å². The topological polar surface area (TPSA) is 48.7 Å². The van der Waals surface area contributed by atoms with Gasteiger partial charge in [-0.2, -0.15) is 5.26 Å². The Morgan fingerprint density at radius 1 is 1.33 bits per heavy atom. The molecule has 2 aliphatic rings. The third kappa shape index (κ3) is 2.64. The van der Waals surface area contributed by atoms with Gasteiger partial charge in [0.05, 0.1) is 11.6 Å². The first-order valence-corrected chi connectivity index (χ1v) is 6.89. The first-order valence-electron chi connectivity index (χ1n) is 6.89. The van der Waals surface area contributed by atoms with Gasteiger partial charge in [0.25, 0.3) is 0 Å². The van der Waals surface area contributed by atoms with Crippen LogP contribution in [0, 0.1) is 36.0 Å². The van der Waals surface area contributed by atoms with E-state index in [-0.39, 0.29) is 0 Å². The lowest BCUT2D eigenvalue weighted by Crippen LogP contribution is -2.19. The Kier molecular flexibility index (Phi) is 2.95. The van der Waals surface area contributed by atoms with Crippen molar-refractivity contribution in [3.05, 3.63) is 23.4 Å². The van der Waals surface area contributed by atoms with Gasteiger partial charge in [-0.25, -0.2) is 4.98 Å². The second-order valence-corrected chi connectivity index (χ2v) is 5.71. The Hall–Kier alpha value is -1.56. The molecule has 94 valence electrons. The highest BCUT2D eigenvalue weighted by Gasteiger charge is 2.40. The summed E-state index contributed by atoms with van der Waals surface area (Å²) in [5.74, 6) is 3.59. The minimum Gasteiger partial charge on any atom is -0.370 e. The molecule has 1 heterocycles.